The number of nitrogens with zero attached hydrogens (tertiary/aromatic N) is 1. The second kappa shape index (κ2) is 7.06. The van der Waals surface area contributed by atoms with Gasteiger partial charge in [-0.1, -0.05) is 0 Å². The van der Waals surface area contributed by atoms with E-state index >= 15 is 0 Å². The molecule has 0 aliphatic rings. The summed E-state index contributed by atoms with van der Waals surface area (Å²) in [4.78, 5) is 13.0. The van der Waals surface area contributed by atoms with Crippen LogP contribution in [0.15, 0.2) is 0 Å². The molecule has 0 saturated heterocycles. The van der Waals surface area contributed by atoms with Gasteiger partial charge < -0.3 is 10.6 Å². The summed E-state index contributed by atoms with van der Waals surface area (Å²) in [7, 11) is 3.84. The van der Waals surface area contributed by atoms with Gasteiger partial charge in [-0.15, -0.1) is 0 Å². The Kier molecular flexibility index (Phi) is 6.70. The summed E-state index contributed by atoms with van der Waals surface area (Å²) in [5.41, 5.74) is 0. The smallest absolute Gasteiger partial charge is 0.234 e. The van der Waals surface area contributed by atoms with Crippen LogP contribution in [0, 0.1) is 0 Å². The number of likely N-dealkylation sites (N-methyl/N-ethyl adjacent to an activating group) is 3. The fraction of sp³-hybridized carbons (Fsp3) is 0.875. The lowest BCUT2D eigenvalue weighted by atomic mass is 10.4. The Morgan fingerprint density at radius 1 is 1.50 bits per heavy atom. The highest BCUT2D eigenvalue weighted by Gasteiger charge is 2.03. The number of amides is 1. The summed E-state index contributed by atoms with van der Waals surface area (Å²) in [6.45, 7) is 4.92. The molecule has 1 amide bonds. The normalized spacial score (nSPS) is 10.3. The van der Waals surface area contributed by atoms with Crippen LogP contribution < -0.4 is 10.6 Å². The quantitative estimate of drug-likeness (QED) is 0.557. The van der Waals surface area contributed by atoms with Gasteiger partial charge in [-0.25, -0.2) is 0 Å². The van der Waals surface area contributed by atoms with E-state index in [0.29, 0.717) is 13.1 Å². The molecule has 0 aliphatic heterocycles. The van der Waals surface area contributed by atoms with Crippen LogP contribution in [0.2, 0.25) is 0 Å². The van der Waals surface area contributed by atoms with Crippen LogP contribution in [0.1, 0.15) is 6.92 Å². The number of hydrogen-bond donors (Lipinski definition) is 2. The van der Waals surface area contributed by atoms with E-state index in [1.54, 1.807) is 0 Å². The molecule has 0 unspecified atom stereocenters. The second-order valence-electron chi connectivity index (χ2n) is 2.79. The SMILES string of the molecule is CCNC(=O)CN(C)CCNC. The Labute approximate surface area is 74.3 Å². The molecule has 0 rings (SSSR count). The largest absolute Gasteiger partial charge is 0.355 e. The third kappa shape index (κ3) is 6.12. The molecule has 4 heteroatoms. The molecule has 4 nitrogen and oxygen atoms in total. The molecule has 0 fully saturated rings. The number of carbonyl (C=O) groups is 1. The van der Waals surface area contributed by atoms with Crippen molar-refractivity contribution in [2.24, 2.45) is 0 Å². The van der Waals surface area contributed by atoms with Gasteiger partial charge in [-0.3, -0.25) is 9.69 Å². The first kappa shape index (κ1) is 11.4. The van der Waals surface area contributed by atoms with Gasteiger partial charge in [0.05, 0.1) is 6.54 Å². The Morgan fingerprint density at radius 2 is 2.17 bits per heavy atom. The summed E-state index contributed by atoms with van der Waals surface area (Å²) >= 11 is 0. The third-order valence-electron chi connectivity index (χ3n) is 1.53. The van der Waals surface area contributed by atoms with Crippen molar-refractivity contribution in [3.63, 3.8) is 0 Å². The van der Waals surface area contributed by atoms with Crippen LogP contribution >= 0.6 is 0 Å². The maximum atomic E-state index is 11.0. The molecule has 0 saturated carbocycles. The molecule has 0 spiro atoms. The van der Waals surface area contributed by atoms with Gasteiger partial charge in [-0.05, 0) is 21.0 Å². The van der Waals surface area contributed by atoms with Gasteiger partial charge in [0.15, 0.2) is 0 Å². The van der Waals surface area contributed by atoms with Gasteiger partial charge >= 0.3 is 0 Å². The van der Waals surface area contributed by atoms with Crippen molar-refractivity contribution in [1.29, 1.82) is 0 Å². The molecular formula is C8H19N3O. The molecule has 0 aromatic rings. The minimum atomic E-state index is 0.0936. The zero-order valence-corrected chi connectivity index (χ0v) is 8.18. The fourth-order valence-corrected chi connectivity index (χ4v) is 0.880. The number of nitrogens with one attached hydrogen (secondary N) is 2. The number of rotatable bonds is 6. The van der Waals surface area contributed by atoms with Crippen LogP contribution in [0.4, 0.5) is 0 Å². The highest BCUT2D eigenvalue weighted by Crippen LogP contribution is 1.79. The number of hydrogen-bond acceptors (Lipinski definition) is 3. The standard InChI is InChI=1S/C8H19N3O/c1-4-10-8(12)7-11(3)6-5-9-2/h9H,4-7H2,1-3H3,(H,10,12). The van der Waals surface area contributed by atoms with E-state index < -0.39 is 0 Å². The van der Waals surface area contributed by atoms with E-state index in [9.17, 15) is 4.79 Å². The van der Waals surface area contributed by atoms with E-state index in [2.05, 4.69) is 10.6 Å². The van der Waals surface area contributed by atoms with Crippen molar-refractivity contribution >= 4 is 5.91 Å². The zero-order chi connectivity index (χ0) is 9.40. The van der Waals surface area contributed by atoms with Gasteiger partial charge in [-0.2, -0.15) is 0 Å². The minimum absolute atomic E-state index is 0.0936. The monoisotopic (exact) mass is 173 g/mol. The lowest BCUT2D eigenvalue weighted by Gasteiger charge is -2.15. The Balaban J connectivity index is 3.40. The highest BCUT2D eigenvalue weighted by atomic mass is 16.1. The van der Waals surface area contributed by atoms with Crippen LogP contribution in [0.5, 0.6) is 0 Å². The zero-order valence-electron chi connectivity index (χ0n) is 8.18. The molecule has 0 heterocycles. The molecule has 12 heavy (non-hydrogen) atoms. The summed E-state index contributed by atoms with van der Waals surface area (Å²) in [6.07, 6.45) is 0. The van der Waals surface area contributed by atoms with E-state index in [1.807, 2.05) is 25.9 Å². The van der Waals surface area contributed by atoms with Crippen LogP contribution in [0.25, 0.3) is 0 Å². The molecule has 0 aliphatic carbocycles. The van der Waals surface area contributed by atoms with Crippen molar-refractivity contribution < 1.29 is 4.79 Å². The predicted octanol–water partition coefficient (Wildman–Crippen LogP) is -0.726. The molecule has 0 radical (unpaired) electrons. The topological polar surface area (TPSA) is 44.4 Å². The van der Waals surface area contributed by atoms with Crippen LogP contribution in [0.3, 0.4) is 0 Å². The van der Waals surface area contributed by atoms with Crippen molar-refractivity contribution in [2.75, 3.05) is 40.3 Å². The van der Waals surface area contributed by atoms with Crippen molar-refractivity contribution in [3.8, 4) is 0 Å². The Hall–Kier alpha value is -0.610. The Bertz CT molecular complexity index is 127. The van der Waals surface area contributed by atoms with Crippen molar-refractivity contribution in [3.05, 3.63) is 0 Å². The molecule has 0 aromatic heterocycles. The first-order valence-corrected chi connectivity index (χ1v) is 4.30. The molecule has 0 aromatic carbocycles. The van der Waals surface area contributed by atoms with Gasteiger partial charge in [0.2, 0.25) is 5.91 Å². The molecule has 2 N–H and O–H groups in total. The fourth-order valence-electron chi connectivity index (χ4n) is 0.880. The first-order valence-electron chi connectivity index (χ1n) is 4.30. The summed E-state index contributed by atoms with van der Waals surface area (Å²) in [6, 6.07) is 0. The van der Waals surface area contributed by atoms with E-state index in [0.717, 1.165) is 13.1 Å². The van der Waals surface area contributed by atoms with Gasteiger partial charge in [0, 0.05) is 19.6 Å². The van der Waals surface area contributed by atoms with Gasteiger partial charge in [0.1, 0.15) is 0 Å². The maximum absolute atomic E-state index is 11.0. The summed E-state index contributed by atoms with van der Waals surface area (Å²) < 4.78 is 0. The van der Waals surface area contributed by atoms with Crippen molar-refractivity contribution in [1.82, 2.24) is 15.5 Å². The van der Waals surface area contributed by atoms with Crippen LogP contribution in [-0.2, 0) is 4.79 Å². The van der Waals surface area contributed by atoms with E-state index in [4.69, 9.17) is 0 Å². The van der Waals surface area contributed by atoms with Crippen LogP contribution in [-0.4, -0.2) is 51.1 Å². The maximum Gasteiger partial charge on any atom is 0.234 e. The third-order valence-corrected chi connectivity index (χ3v) is 1.53. The average molecular weight is 173 g/mol. The molecule has 0 atom stereocenters. The minimum Gasteiger partial charge on any atom is -0.355 e. The molecule has 72 valence electrons. The second-order valence-corrected chi connectivity index (χ2v) is 2.79. The molecular weight excluding hydrogens is 154 g/mol. The predicted molar refractivity (Wildman–Crippen MR) is 50.1 cm³/mol. The average Bonchev–Trinajstić information content (AvgIpc) is 2.01. The van der Waals surface area contributed by atoms with E-state index in [-0.39, 0.29) is 5.91 Å². The van der Waals surface area contributed by atoms with Crippen molar-refractivity contribution in [2.45, 2.75) is 6.92 Å². The summed E-state index contributed by atoms with van der Waals surface area (Å²) in [5.74, 6) is 0.0936. The lowest BCUT2D eigenvalue weighted by molar-refractivity contribution is -0.121. The molecule has 0 bridgehead atoms. The first-order chi connectivity index (χ1) is 5.70. The Morgan fingerprint density at radius 3 is 2.67 bits per heavy atom. The number of carbonyl (C=O) groups excluding carboxylic acids is 1. The highest BCUT2D eigenvalue weighted by molar-refractivity contribution is 5.77. The van der Waals surface area contributed by atoms with Gasteiger partial charge in [0.25, 0.3) is 0 Å². The lowest BCUT2D eigenvalue weighted by Crippen LogP contribution is -2.37. The van der Waals surface area contributed by atoms with E-state index in [1.165, 1.54) is 0 Å². The summed E-state index contributed by atoms with van der Waals surface area (Å²) in [5, 5.41) is 5.78.